The number of ketones is 1. The highest BCUT2D eigenvalue weighted by atomic mass is 28.4. The van der Waals surface area contributed by atoms with Crippen molar-refractivity contribution in [3.63, 3.8) is 0 Å². The van der Waals surface area contributed by atoms with E-state index in [1.165, 1.54) is 13.8 Å². The van der Waals surface area contributed by atoms with Gasteiger partial charge in [0.05, 0.1) is 23.7 Å². The van der Waals surface area contributed by atoms with E-state index in [-0.39, 0.29) is 24.8 Å². The molecule has 0 radical (unpaired) electrons. The molecule has 4 rings (SSSR count). The molecule has 0 aromatic heterocycles. The molecule has 3 aliphatic carbocycles. The normalized spacial score (nSPS) is 36.8. The standard InChI is InChI=1S/C36H52O10Si/c1-12-35(45-23(5)38)26(39)18-20(2)34(8)29(35)31(44-32(41)24-16-14-13-15-17-24)36(42)19-25(46-47(9,10)11)21(3)27(33(36,6)7)28(30(34)40)43-22(4)37/h13-17,20,25-26,28-29,31,39,42H,12,18-19H2,1-11H3/t20-,25-,26+,28+,29-,31-,34+,35-,36+/m0/s1. The van der Waals surface area contributed by atoms with Crippen LogP contribution in [0.3, 0.4) is 0 Å². The van der Waals surface area contributed by atoms with Crippen molar-refractivity contribution in [2.75, 3.05) is 0 Å². The molecule has 0 aliphatic heterocycles. The largest absolute Gasteiger partial charge is 0.456 e. The second kappa shape index (κ2) is 12.5. The Morgan fingerprint density at radius 1 is 1.00 bits per heavy atom. The highest BCUT2D eigenvalue weighted by Crippen LogP contribution is 2.64. The third-order valence-corrected chi connectivity index (χ3v) is 12.2. The van der Waals surface area contributed by atoms with Crippen LogP contribution < -0.4 is 0 Å². The van der Waals surface area contributed by atoms with Crippen molar-refractivity contribution in [1.29, 1.82) is 0 Å². The van der Waals surface area contributed by atoms with Gasteiger partial charge in [0.25, 0.3) is 0 Å². The van der Waals surface area contributed by atoms with Gasteiger partial charge in [0.1, 0.15) is 17.3 Å². The topological polar surface area (TPSA) is 146 Å². The summed E-state index contributed by atoms with van der Waals surface area (Å²) in [6, 6.07) is 8.32. The molecule has 2 saturated carbocycles. The van der Waals surface area contributed by atoms with Crippen molar-refractivity contribution in [3.05, 3.63) is 47.0 Å². The zero-order chi connectivity index (χ0) is 35.5. The van der Waals surface area contributed by atoms with Crippen LogP contribution >= 0.6 is 0 Å². The van der Waals surface area contributed by atoms with Gasteiger partial charge < -0.3 is 28.8 Å². The Kier molecular flexibility index (Phi) is 9.87. The van der Waals surface area contributed by atoms with E-state index in [0.29, 0.717) is 11.1 Å². The van der Waals surface area contributed by atoms with Crippen molar-refractivity contribution in [2.45, 2.75) is 130 Å². The first-order valence-electron chi connectivity index (χ1n) is 16.5. The number of aliphatic hydroxyl groups is 2. The zero-order valence-corrected chi connectivity index (χ0v) is 30.6. The summed E-state index contributed by atoms with van der Waals surface area (Å²) in [6.07, 6.45) is -4.85. The van der Waals surface area contributed by atoms with Crippen molar-refractivity contribution >= 4 is 32.0 Å². The second-order valence-electron chi connectivity index (χ2n) is 15.4. The van der Waals surface area contributed by atoms with Crippen LogP contribution in [-0.4, -0.2) is 77.8 Å². The zero-order valence-electron chi connectivity index (χ0n) is 29.6. The molecule has 0 saturated heterocycles. The summed E-state index contributed by atoms with van der Waals surface area (Å²) in [7, 11) is -2.30. The van der Waals surface area contributed by atoms with Crippen LogP contribution in [0.2, 0.25) is 19.6 Å². The maximum absolute atomic E-state index is 15.3. The summed E-state index contributed by atoms with van der Waals surface area (Å²) in [5.41, 5.74) is -5.34. The first-order valence-corrected chi connectivity index (χ1v) is 20.0. The summed E-state index contributed by atoms with van der Waals surface area (Å²) in [4.78, 5) is 55.0. The summed E-state index contributed by atoms with van der Waals surface area (Å²) in [5, 5.41) is 25.3. The van der Waals surface area contributed by atoms with Crippen LogP contribution in [-0.2, 0) is 33.0 Å². The minimum Gasteiger partial charge on any atom is -0.456 e. The second-order valence-corrected chi connectivity index (χ2v) is 19.9. The van der Waals surface area contributed by atoms with Gasteiger partial charge >= 0.3 is 17.9 Å². The van der Waals surface area contributed by atoms with Crippen LogP contribution in [0.15, 0.2) is 41.5 Å². The number of fused-ring (bicyclic) bond motifs is 3. The van der Waals surface area contributed by atoms with Crippen molar-refractivity contribution < 1.29 is 48.0 Å². The summed E-state index contributed by atoms with van der Waals surface area (Å²) >= 11 is 0. The van der Waals surface area contributed by atoms with Crippen molar-refractivity contribution in [1.82, 2.24) is 0 Å². The number of Topliss-reactive ketones (excluding diaryl/α,β-unsaturated/α-hetero) is 1. The molecule has 0 unspecified atom stereocenters. The molecule has 0 spiro atoms. The van der Waals surface area contributed by atoms with Gasteiger partial charge in [0.15, 0.2) is 20.2 Å². The Labute approximate surface area is 279 Å². The molecule has 47 heavy (non-hydrogen) atoms. The van der Waals surface area contributed by atoms with Gasteiger partial charge in [-0.1, -0.05) is 52.8 Å². The highest BCUT2D eigenvalue weighted by Gasteiger charge is 2.75. The van der Waals surface area contributed by atoms with E-state index in [1.54, 1.807) is 65.0 Å². The Bertz CT molecular complexity index is 1450. The molecule has 10 nitrogen and oxygen atoms in total. The molecule has 0 amide bonds. The van der Waals surface area contributed by atoms with Crippen LogP contribution in [0.1, 0.15) is 85.0 Å². The van der Waals surface area contributed by atoms with Crippen molar-refractivity contribution in [3.8, 4) is 0 Å². The van der Waals surface area contributed by atoms with Gasteiger partial charge in [-0.15, -0.1) is 0 Å². The molecule has 9 atom stereocenters. The molecule has 11 heteroatoms. The predicted molar refractivity (Wildman–Crippen MR) is 177 cm³/mol. The smallest absolute Gasteiger partial charge is 0.338 e. The number of hydrogen-bond acceptors (Lipinski definition) is 10. The van der Waals surface area contributed by atoms with Crippen LogP contribution in [0.25, 0.3) is 0 Å². The van der Waals surface area contributed by atoms with E-state index in [9.17, 15) is 24.6 Å². The SMILES string of the molecule is CC[C@]1(OC(C)=O)[C@H](O)C[C@H](C)[C@@]2(C)C(=O)[C@H](OC(C)=O)C3=C(C)[C@@H](O[Si](C)(C)C)C[C@@](O)([C@@H](OC(=O)c4ccccc4)[C@H]12)C3(C)C. The lowest BCUT2D eigenvalue weighted by molar-refractivity contribution is -0.276. The minimum atomic E-state index is -2.30. The highest BCUT2D eigenvalue weighted by molar-refractivity contribution is 6.69. The number of carbonyl (C=O) groups excluding carboxylic acids is 4. The third-order valence-electron chi connectivity index (χ3n) is 11.2. The van der Waals surface area contributed by atoms with Crippen molar-refractivity contribution in [2.24, 2.45) is 22.7 Å². The third kappa shape index (κ3) is 6.02. The van der Waals surface area contributed by atoms with Gasteiger partial charge in [0.2, 0.25) is 0 Å². The van der Waals surface area contributed by atoms with E-state index in [0.717, 1.165) is 0 Å². The molecule has 2 N–H and O–H groups in total. The molecule has 1 aromatic carbocycles. The summed E-state index contributed by atoms with van der Waals surface area (Å²) in [6.45, 7) is 19.0. The molecular weight excluding hydrogens is 620 g/mol. The number of esters is 3. The average Bonchev–Trinajstić information content (AvgIpc) is 2.96. The maximum Gasteiger partial charge on any atom is 0.338 e. The Morgan fingerprint density at radius 2 is 1.60 bits per heavy atom. The maximum atomic E-state index is 15.3. The fourth-order valence-corrected chi connectivity index (χ4v) is 9.85. The fraction of sp³-hybridized carbons (Fsp3) is 0.667. The van der Waals surface area contributed by atoms with E-state index < -0.39 is 90.3 Å². The Balaban J connectivity index is 2.18. The molecule has 0 heterocycles. The van der Waals surface area contributed by atoms with E-state index >= 15 is 4.79 Å². The Hall–Kier alpha value is -2.86. The predicted octanol–water partition coefficient (Wildman–Crippen LogP) is 5.16. The number of benzene rings is 1. The lowest BCUT2D eigenvalue weighted by Crippen LogP contribution is -2.76. The summed E-state index contributed by atoms with van der Waals surface area (Å²) < 4.78 is 25.1. The summed E-state index contributed by atoms with van der Waals surface area (Å²) in [5.74, 6) is -4.47. The first-order chi connectivity index (χ1) is 21.6. The number of carbonyl (C=O) groups is 4. The molecule has 2 bridgehead atoms. The number of hydrogen-bond donors (Lipinski definition) is 2. The fourth-order valence-electron chi connectivity index (χ4n) is 8.74. The molecule has 260 valence electrons. The van der Waals surface area contributed by atoms with Gasteiger partial charge in [-0.3, -0.25) is 14.4 Å². The van der Waals surface area contributed by atoms with E-state index in [1.807, 2.05) is 26.6 Å². The number of aliphatic hydroxyl groups excluding tert-OH is 1. The lowest BCUT2D eigenvalue weighted by Gasteiger charge is -2.65. The van der Waals surface area contributed by atoms with Gasteiger partial charge in [-0.2, -0.15) is 0 Å². The number of rotatable bonds is 7. The van der Waals surface area contributed by atoms with Gasteiger partial charge in [-0.25, -0.2) is 4.79 Å². The van der Waals surface area contributed by atoms with Crippen LogP contribution in [0.5, 0.6) is 0 Å². The minimum absolute atomic E-state index is 0.0375. The van der Waals surface area contributed by atoms with Crippen LogP contribution in [0.4, 0.5) is 0 Å². The molecule has 2 fully saturated rings. The van der Waals surface area contributed by atoms with Gasteiger partial charge in [0, 0.05) is 31.1 Å². The van der Waals surface area contributed by atoms with E-state index in [2.05, 4.69) is 0 Å². The van der Waals surface area contributed by atoms with Crippen LogP contribution in [0, 0.1) is 22.7 Å². The van der Waals surface area contributed by atoms with E-state index in [4.69, 9.17) is 18.6 Å². The van der Waals surface area contributed by atoms with Gasteiger partial charge in [-0.05, 0) is 68.6 Å². The average molecular weight is 673 g/mol. The molecule has 3 aliphatic rings. The lowest BCUT2D eigenvalue weighted by atomic mass is 9.43. The quantitative estimate of drug-likeness (QED) is 0.172. The number of ether oxygens (including phenoxy) is 3. The molecular formula is C36H52O10Si. The Morgan fingerprint density at radius 3 is 2.11 bits per heavy atom. The first kappa shape index (κ1) is 37.0. The molecule has 1 aromatic rings. The monoisotopic (exact) mass is 672 g/mol.